The standard InChI is InChI=1S/C17H20ClN3O2S/c18-14-3-1-13(2-4-14)11-20(15-7-9-19-10-8-15)12-16-5-6-17(24-16)21(22)23/h1-6,15,19H,7-12H2. The largest absolute Gasteiger partial charge is 0.324 e. The van der Waals surface area contributed by atoms with Crippen molar-refractivity contribution in [1.82, 2.24) is 10.2 Å². The highest BCUT2D eigenvalue weighted by molar-refractivity contribution is 7.15. The molecule has 0 unspecified atom stereocenters. The molecule has 1 aliphatic heterocycles. The molecule has 0 bridgehead atoms. The van der Waals surface area contributed by atoms with Gasteiger partial charge in [-0.25, -0.2) is 0 Å². The molecule has 7 heteroatoms. The molecular weight excluding hydrogens is 346 g/mol. The van der Waals surface area contributed by atoms with Crippen LogP contribution < -0.4 is 5.32 Å². The third-order valence-corrected chi connectivity index (χ3v) is 5.58. The molecule has 5 nitrogen and oxygen atoms in total. The number of piperidine rings is 1. The van der Waals surface area contributed by atoms with E-state index < -0.39 is 0 Å². The maximum atomic E-state index is 10.9. The SMILES string of the molecule is O=[N+]([O-])c1ccc(CN(Cc2ccc(Cl)cc2)C2CCNCC2)s1. The Bertz CT molecular complexity index is 683. The fourth-order valence-electron chi connectivity index (χ4n) is 3.06. The first-order chi connectivity index (χ1) is 11.6. The summed E-state index contributed by atoms with van der Waals surface area (Å²) in [6.07, 6.45) is 2.20. The van der Waals surface area contributed by atoms with Crippen LogP contribution in [-0.4, -0.2) is 29.0 Å². The maximum Gasteiger partial charge on any atom is 0.324 e. The van der Waals surface area contributed by atoms with E-state index in [0.29, 0.717) is 6.04 Å². The van der Waals surface area contributed by atoms with Crippen molar-refractivity contribution in [2.75, 3.05) is 13.1 Å². The van der Waals surface area contributed by atoms with Gasteiger partial charge in [-0.05, 0) is 49.7 Å². The quantitative estimate of drug-likeness (QED) is 0.619. The lowest BCUT2D eigenvalue weighted by molar-refractivity contribution is -0.380. The second-order valence-electron chi connectivity index (χ2n) is 6.01. The van der Waals surface area contributed by atoms with Gasteiger partial charge in [0.15, 0.2) is 0 Å². The molecule has 0 spiro atoms. The van der Waals surface area contributed by atoms with Crippen molar-refractivity contribution in [2.45, 2.75) is 32.0 Å². The van der Waals surface area contributed by atoms with E-state index in [1.54, 1.807) is 6.07 Å². The van der Waals surface area contributed by atoms with Crippen LogP contribution in [0.2, 0.25) is 5.02 Å². The summed E-state index contributed by atoms with van der Waals surface area (Å²) in [6, 6.07) is 11.9. The van der Waals surface area contributed by atoms with Crippen LogP contribution in [0.3, 0.4) is 0 Å². The first-order valence-electron chi connectivity index (χ1n) is 8.04. The Morgan fingerprint density at radius 3 is 2.50 bits per heavy atom. The minimum absolute atomic E-state index is 0.210. The lowest BCUT2D eigenvalue weighted by Crippen LogP contribution is -2.42. The van der Waals surface area contributed by atoms with Gasteiger partial charge < -0.3 is 5.32 Å². The van der Waals surface area contributed by atoms with Gasteiger partial charge in [0.25, 0.3) is 0 Å². The number of thiophene rings is 1. The molecule has 128 valence electrons. The van der Waals surface area contributed by atoms with Gasteiger partial charge in [-0.1, -0.05) is 35.1 Å². The summed E-state index contributed by atoms with van der Waals surface area (Å²) in [7, 11) is 0. The number of benzene rings is 1. The van der Waals surface area contributed by atoms with Gasteiger partial charge in [0.05, 0.1) is 4.92 Å². The van der Waals surface area contributed by atoms with Crippen molar-refractivity contribution < 1.29 is 4.92 Å². The zero-order valence-corrected chi connectivity index (χ0v) is 14.9. The third kappa shape index (κ3) is 4.54. The van der Waals surface area contributed by atoms with Crippen LogP contribution in [0.1, 0.15) is 23.3 Å². The molecular formula is C17H20ClN3O2S. The van der Waals surface area contributed by atoms with Gasteiger partial charge in [0.1, 0.15) is 0 Å². The summed E-state index contributed by atoms with van der Waals surface area (Å²) in [5.74, 6) is 0. The van der Waals surface area contributed by atoms with Crippen molar-refractivity contribution in [3.63, 3.8) is 0 Å². The van der Waals surface area contributed by atoms with Crippen molar-refractivity contribution in [2.24, 2.45) is 0 Å². The second kappa shape index (κ2) is 8.07. The van der Waals surface area contributed by atoms with Crippen molar-refractivity contribution in [1.29, 1.82) is 0 Å². The Labute approximate surface area is 150 Å². The number of nitro groups is 1. The van der Waals surface area contributed by atoms with E-state index in [1.165, 1.54) is 16.9 Å². The average molecular weight is 366 g/mol. The Balaban J connectivity index is 1.75. The van der Waals surface area contributed by atoms with Gasteiger partial charge in [-0.15, -0.1) is 0 Å². The van der Waals surface area contributed by atoms with Gasteiger partial charge >= 0.3 is 5.00 Å². The van der Waals surface area contributed by atoms with Gasteiger partial charge in [0, 0.05) is 35.1 Å². The van der Waals surface area contributed by atoms with E-state index in [0.717, 1.165) is 48.9 Å². The molecule has 1 aliphatic rings. The highest BCUT2D eigenvalue weighted by Crippen LogP contribution is 2.27. The topological polar surface area (TPSA) is 58.4 Å². The zero-order chi connectivity index (χ0) is 16.9. The van der Waals surface area contributed by atoms with Crippen LogP contribution in [0.15, 0.2) is 36.4 Å². The number of nitrogens with zero attached hydrogens (tertiary/aromatic N) is 2. The summed E-state index contributed by atoms with van der Waals surface area (Å²) >= 11 is 7.24. The lowest BCUT2D eigenvalue weighted by atomic mass is 10.0. The molecule has 0 amide bonds. The molecule has 24 heavy (non-hydrogen) atoms. The van der Waals surface area contributed by atoms with Gasteiger partial charge in [0.2, 0.25) is 0 Å². The third-order valence-electron chi connectivity index (χ3n) is 4.31. The number of hydrogen-bond acceptors (Lipinski definition) is 5. The summed E-state index contributed by atoms with van der Waals surface area (Å²) < 4.78 is 0. The molecule has 0 radical (unpaired) electrons. The number of hydrogen-bond donors (Lipinski definition) is 1. The predicted octanol–water partition coefficient (Wildman–Crippen LogP) is 4.06. The second-order valence-corrected chi connectivity index (χ2v) is 7.59. The lowest BCUT2D eigenvalue weighted by Gasteiger charge is -2.34. The van der Waals surface area contributed by atoms with E-state index in [1.807, 2.05) is 30.3 Å². The van der Waals surface area contributed by atoms with E-state index in [-0.39, 0.29) is 9.92 Å². The molecule has 1 N–H and O–H groups in total. The summed E-state index contributed by atoms with van der Waals surface area (Å²) in [5.41, 5.74) is 1.21. The molecule has 2 aromatic rings. The van der Waals surface area contributed by atoms with Crippen LogP contribution in [-0.2, 0) is 13.1 Å². The van der Waals surface area contributed by atoms with Gasteiger partial charge in [-0.2, -0.15) is 0 Å². The van der Waals surface area contributed by atoms with Crippen LogP contribution in [0.5, 0.6) is 0 Å². The first-order valence-corrected chi connectivity index (χ1v) is 9.23. The maximum absolute atomic E-state index is 10.9. The highest BCUT2D eigenvalue weighted by atomic mass is 35.5. The van der Waals surface area contributed by atoms with Gasteiger partial charge in [-0.3, -0.25) is 15.0 Å². The normalized spacial score (nSPS) is 15.8. The van der Waals surface area contributed by atoms with Crippen LogP contribution >= 0.6 is 22.9 Å². The molecule has 0 aliphatic carbocycles. The number of halogens is 1. The van der Waals surface area contributed by atoms with Crippen LogP contribution in [0.4, 0.5) is 5.00 Å². The Kier molecular flexibility index (Phi) is 5.84. The monoisotopic (exact) mass is 365 g/mol. The predicted molar refractivity (Wildman–Crippen MR) is 97.6 cm³/mol. The zero-order valence-electron chi connectivity index (χ0n) is 13.3. The van der Waals surface area contributed by atoms with E-state index in [2.05, 4.69) is 10.2 Å². The molecule has 1 fully saturated rings. The van der Waals surface area contributed by atoms with Crippen molar-refractivity contribution >= 4 is 27.9 Å². The molecule has 3 rings (SSSR count). The molecule has 0 saturated carbocycles. The number of nitrogens with one attached hydrogen (secondary N) is 1. The first kappa shape index (κ1) is 17.4. The molecule has 2 heterocycles. The Morgan fingerprint density at radius 1 is 1.17 bits per heavy atom. The molecule has 1 aromatic heterocycles. The molecule has 1 saturated heterocycles. The fraction of sp³-hybridized carbons (Fsp3) is 0.412. The van der Waals surface area contributed by atoms with Crippen molar-refractivity contribution in [3.8, 4) is 0 Å². The van der Waals surface area contributed by atoms with E-state index in [9.17, 15) is 10.1 Å². The minimum Gasteiger partial charge on any atom is -0.317 e. The fourth-order valence-corrected chi connectivity index (χ4v) is 4.03. The Morgan fingerprint density at radius 2 is 1.88 bits per heavy atom. The number of rotatable bonds is 6. The van der Waals surface area contributed by atoms with E-state index in [4.69, 9.17) is 11.6 Å². The smallest absolute Gasteiger partial charge is 0.317 e. The minimum atomic E-state index is -0.317. The molecule has 1 aromatic carbocycles. The molecule has 0 atom stereocenters. The van der Waals surface area contributed by atoms with Crippen LogP contribution in [0.25, 0.3) is 0 Å². The highest BCUT2D eigenvalue weighted by Gasteiger charge is 2.22. The van der Waals surface area contributed by atoms with Crippen molar-refractivity contribution in [3.05, 3.63) is 62.0 Å². The summed E-state index contributed by atoms with van der Waals surface area (Å²) in [4.78, 5) is 14.1. The van der Waals surface area contributed by atoms with E-state index >= 15 is 0 Å². The summed E-state index contributed by atoms with van der Waals surface area (Å²) in [6.45, 7) is 3.61. The average Bonchev–Trinajstić information content (AvgIpc) is 3.06. The Hall–Kier alpha value is -1.47. The van der Waals surface area contributed by atoms with Crippen LogP contribution in [0, 0.1) is 10.1 Å². The summed E-state index contributed by atoms with van der Waals surface area (Å²) in [5, 5.41) is 15.2.